The molecule has 1 saturated carbocycles. The topological polar surface area (TPSA) is 26.3 Å². The summed E-state index contributed by atoms with van der Waals surface area (Å²) in [6, 6.07) is 0. The Bertz CT molecular complexity index is 177. The van der Waals surface area contributed by atoms with E-state index in [0.29, 0.717) is 11.8 Å². The van der Waals surface area contributed by atoms with Gasteiger partial charge in [-0.05, 0) is 11.3 Å². The molecule has 0 aromatic carbocycles. The highest BCUT2D eigenvalue weighted by Crippen LogP contribution is 2.58. The molecule has 0 N–H and O–H groups in total. The first-order chi connectivity index (χ1) is 5.05. The number of esters is 1. The van der Waals surface area contributed by atoms with E-state index < -0.39 is 0 Å². The molecular formula is C8H13ClO2. The van der Waals surface area contributed by atoms with Crippen LogP contribution < -0.4 is 0 Å². The number of methoxy groups -OCH3 is 1. The van der Waals surface area contributed by atoms with Crippen LogP contribution in [-0.4, -0.2) is 19.0 Å². The van der Waals surface area contributed by atoms with Crippen molar-refractivity contribution in [1.29, 1.82) is 0 Å². The van der Waals surface area contributed by atoms with Crippen molar-refractivity contribution in [1.82, 2.24) is 0 Å². The van der Waals surface area contributed by atoms with Crippen molar-refractivity contribution >= 4 is 17.6 Å². The number of alkyl halides is 1. The van der Waals surface area contributed by atoms with Gasteiger partial charge in [0.15, 0.2) is 0 Å². The van der Waals surface area contributed by atoms with Gasteiger partial charge in [-0.25, -0.2) is 0 Å². The molecule has 0 radical (unpaired) electrons. The second kappa shape index (κ2) is 2.67. The van der Waals surface area contributed by atoms with Crippen molar-refractivity contribution in [3.05, 3.63) is 0 Å². The van der Waals surface area contributed by atoms with Gasteiger partial charge in [-0.15, -0.1) is 11.6 Å². The van der Waals surface area contributed by atoms with Crippen LogP contribution in [0, 0.1) is 17.3 Å². The Labute approximate surface area is 71.9 Å². The van der Waals surface area contributed by atoms with Crippen molar-refractivity contribution < 1.29 is 9.53 Å². The Hall–Kier alpha value is -0.240. The number of carbonyl (C=O) groups excluding carboxylic acids is 1. The van der Waals surface area contributed by atoms with Gasteiger partial charge in [0.25, 0.3) is 0 Å². The number of ether oxygens (including phenoxy) is 1. The second-order valence-corrected chi connectivity index (χ2v) is 3.89. The minimum absolute atomic E-state index is 0.0185. The Morgan fingerprint density at radius 3 is 2.45 bits per heavy atom. The Balaban J connectivity index is 2.58. The summed E-state index contributed by atoms with van der Waals surface area (Å²) in [5.74, 6) is 0.745. The van der Waals surface area contributed by atoms with Gasteiger partial charge in [0.05, 0.1) is 13.0 Å². The standard InChI is InChI=1S/C8H13ClO2/c1-8(2)5(4-9)6(8)7(10)11-3/h5-6H,4H2,1-3H3/t5-,6-/m0/s1. The summed E-state index contributed by atoms with van der Waals surface area (Å²) in [5, 5.41) is 0. The van der Waals surface area contributed by atoms with Gasteiger partial charge < -0.3 is 4.74 Å². The third kappa shape index (κ3) is 1.24. The molecule has 0 amide bonds. The van der Waals surface area contributed by atoms with Crippen LogP contribution in [0.3, 0.4) is 0 Å². The SMILES string of the molecule is COC(=O)[C@@H]1[C@H](CCl)C1(C)C. The van der Waals surface area contributed by atoms with Crippen LogP contribution in [0.15, 0.2) is 0 Å². The summed E-state index contributed by atoms with van der Waals surface area (Å²) in [7, 11) is 1.42. The van der Waals surface area contributed by atoms with Gasteiger partial charge in [-0.1, -0.05) is 13.8 Å². The van der Waals surface area contributed by atoms with Crippen molar-refractivity contribution in [2.45, 2.75) is 13.8 Å². The van der Waals surface area contributed by atoms with Crippen molar-refractivity contribution in [3.8, 4) is 0 Å². The van der Waals surface area contributed by atoms with E-state index in [4.69, 9.17) is 11.6 Å². The zero-order valence-corrected chi connectivity index (χ0v) is 7.81. The smallest absolute Gasteiger partial charge is 0.309 e. The molecule has 0 aromatic heterocycles. The molecule has 1 aliphatic rings. The number of halogens is 1. The van der Waals surface area contributed by atoms with E-state index in [0.717, 1.165) is 0 Å². The average molecular weight is 177 g/mol. The lowest BCUT2D eigenvalue weighted by Gasteiger charge is -1.99. The Morgan fingerprint density at radius 2 is 2.18 bits per heavy atom. The molecule has 1 aliphatic carbocycles. The van der Waals surface area contributed by atoms with E-state index in [9.17, 15) is 4.79 Å². The maximum Gasteiger partial charge on any atom is 0.309 e. The third-order valence-electron chi connectivity index (χ3n) is 2.67. The molecule has 0 bridgehead atoms. The van der Waals surface area contributed by atoms with Crippen molar-refractivity contribution in [2.24, 2.45) is 17.3 Å². The minimum atomic E-state index is -0.124. The van der Waals surface area contributed by atoms with Crippen LogP contribution in [0.2, 0.25) is 0 Å². The number of hydrogen-bond donors (Lipinski definition) is 0. The minimum Gasteiger partial charge on any atom is -0.469 e. The number of rotatable bonds is 2. The highest BCUT2D eigenvalue weighted by Gasteiger charge is 2.61. The molecule has 0 spiro atoms. The van der Waals surface area contributed by atoms with Crippen LogP contribution in [-0.2, 0) is 9.53 Å². The number of hydrogen-bond acceptors (Lipinski definition) is 2. The fourth-order valence-corrected chi connectivity index (χ4v) is 2.20. The molecule has 2 atom stereocenters. The molecule has 0 saturated heterocycles. The molecular weight excluding hydrogens is 164 g/mol. The van der Waals surface area contributed by atoms with Gasteiger partial charge >= 0.3 is 5.97 Å². The Kier molecular flexibility index (Phi) is 2.15. The fraction of sp³-hybridized carbons (Fsp3) is 0.875. The molecule has 3 heteroatoms. The van der Waals surface area contributed by atoms with Crippen molar-refractivity contribution in [3.63, 3.8) is 0 Å². The molecule has 0 unspecified atom stereocenters. The summed E-state index contributed by atoms with van der Waals surface area (Å²) >= 11 is 5.67. The van der Waals surface area contributed by atoms with Crippen molar-refractivity contribution in [2.75, 3.05) is 13.0 Å². The van der Waals surface area contributed by atoms with Crippen LogP contribution in [0.4, 0.5) is 0 Å². The largest absolute Gasteiger partial charge is 0.469 e. The monoisotopic (exact) mass is 176 g/mol. The maximum absolute atomic E-state index is 11.1. The summed E-state index contributed by atoms with van der Waals surface area (Å²) in [6.07, 6.45) is 0. The highest BCUT2D eigenvalue weighted by molar-refractivity contribution is 6.18. The molecule has 1 rings (SSSR count). The summed E-state index contributed by atoms with van der Waals surface area (Å²) in [4.78, 5) is 11.1. The van der Waals surface area contributed by atoms with E-state index in [1.165, 1.54) is 7.11 Å². The predicted molar refractivity (Wildman–Crippen MR) is 43.5 cm³/mol. The van der Waals surface area contributed by atoms with Crippen LogP contribution in [0.1, 0.15) is 13.8 Å². The maximum atomic E-state index is 11.1. The van der Waals surface area contributed by atoms with Gasteiger partial charge in [0.1, 0.15) is 0 Å². The van der Waals surface area contributed by atoms with E-state index >= 15 is 0 Å². The molecule has 0 aromatic rings. The first-order valence-electron chi connectivity index (χ1n) is 3.69. The predicted octanol–water partition coefficient (Wildman–Crippen LogP) is 1.67. The van der Waals surface area contributed by atoms with Gasteiger partial charge in [0, 0.05) is 5.88 Å². The molecule has 64 valence electrons. The third-order valence-corrected chi connectivity index (χ3v) is 3.00. The van der Waals surface area contributed by atoms with E-state index in [1.807, 2.05) is 13.8 Å². The van der Waals surface area contributed by atoms with Gasteiger partial charge in [-0.2, -0.15) is 0 Å². The molecule has 0 aliphatic heterocycles. The number of carbonyl (C=O) groups is 1. The summed E-state index contributed by atoms with van der Waals surface area (Å²) in [6.45, 7) is 4.09. The molecule has 11 heavy (non-hydrogen) atoms. The fourth-order valence-electron chi connectivity index (χ4n) is 1.63. The van der Waals surface area contributed by atoms with E-state index in [2.05, 4.69) is 4.74 Å². The summed E-state index contributed by atoms with van der Waals surface area (Å²) < 4.78 is 4.64. The Morgan fingerprint density at radius 1 is 1.64 bits per heavy atom. The van der Waals surface area contributed by atoms with Crippen LogP contribution in [0.5, 0.6) is 0 Å². The molecule has 0 heterocycles. The second-order valence-electron chi connectivity index (χ2n) is 3.58. The zero-order valence-electron chi connectivity index (χ0n) is 7.06. The normalized spacial score (nSPS) is 33.1. The first-order valence-corrected chi connectivity index (χ1v) is 4.23. The highest BCUT2D eigenvalue weighted by atomic mass is 35.5. The molecule has 1 fully saturated rings. The lowest BCUT2D eigenvalue weighted by molar-refractivity contribution is -0.143. The average Bonchev–Trinajstić information content (AvgIpc) is 2.51. The lowest BCUT2D eigenvalue weighted by atomic mass is 10.1. The zero-order chi connectivity index (χ0) is 8.65. The van der Waals surface area contributed by atoms with Crippen LogP contribution >= 0.6 is 11.6 Å². The van der Waals surface area contributed by atoms with E-state index in [-0.39, 0.29) is 17.3 Å². The molecule has 2 nitrogen and oxygen atoms in total. The quantitative estimate of drug-likeness (QED) is 0.473. The lowest BCUT2D eigenvalue weighted by Crippen LogP contribution is -2.07. The van der Waals surface area contributed by atoms with E-state index in [1.54, 1.807) is 0 Å². The van der Waals surface area contributed by atoms with Gasteiger partial charge in [-0.3, -0.25) is 4.79 Å². The van der Waals surface area contributed by atoms with Crippen LogP contribution in [0.25, 0.3) is 0 Å². The summed E-state index contributed by atoms with van der Waals surface area (Å²) in [5.41, 5.74) is 0.0504. The first kappa shape index (κ1) is 8.85. The van der Waals surface area contributed by atoms with Gasteiger partial charge in [0.2, 0.25) is 0 Å².